The van der Waals surface area contributed by atoms with Crippen LogP contribution in [0.2, 0.25) is 0 Å². The molecule has 0 aliphatic carbocycles. The zero-order valence-corrected chi connectivity index (χ0v) is 7.86. The summed E-state index contributed by atoms with van der Waals surface area (Å²) < 4.78 is 5.35. The van der Waals surface area contributed by atoms with Gasteiger partial charge in [-0.05, 0) is 6.92 Å². The third-order valence-electron chi connectivity index (χ3n) is 1.86. The number of hydrogen-bond donors (Lipinski definition) is 1. The molecule has 4 heteroatoms. The Kier molecular flexibility index (Phi) is 2.39. The van der Waals surface area contributed by atoms with Crippen LogP contribution in [0.15, 0.2) is 6.20 Å². The van der Waals surface area contributed by atoms with Gasteiger partial charge in [0, 0.05) is 17.6 Å². The SMILES string of the molecule is Cc1cnc(C2COCCN2)s1. The summed E-state index contributed by atoms with van der Waals surface area (Å²) in [4.78, 5) is 5.58. The summed E-state index contributed by atoms with van der Waals surface area (Å²) in [6.45, 7) is 4.59. The first-order valence-electron chi connectivity index (χ1n) is 4.10. The van der Waals surface area contributed by atoms with E-state index in [2.05, 4.69) is 17.2 Å². The van der Waals surface area contributed by atoms with Crippen LogP contribution in [0.25, 0.3) is 0 Å². The predicted octanol–water partition coefficient (Wildman–Crippen LogP) is 1.11. The second-order valence-electron chi connectivity index (χ2n) is 2.89. The molecular formula is C8H12N2OS. The van der Waals surface area contributed by atoms with Gasteiger partial charge < -0.3 is 10.1 Å². The molecule has 3 nitrogen and oxygen atoms in total. The van der Waals surface area contributed by atoms with E-state index in [4.69, 9.17) is 4.74 Å². The second-order valence-corrected chi connectivity index (χ2v) is 4.16. The highest BCUT2D eigenvalue weighted by atomic mass is 32.1. The van der Waals surface area contributed by atoms with E-state index >= 15 is 0 Å². The van der Waals surface area contributed by atoms with Crippen molar-refractivity contribution in [3.63, 3.8) is 0 Å². The molecule has 1 unspecified atom stereocenters. The standard InChI is InChI=1S/C8H12N2OS/c1-6-4-10-8(12-6)7-5-11-3-2-9-7/h4,7,9H,2-3,5H2,1H3. The van der Waals surface area contributed by atoms with Gasteiger partial charge in [0.15, 0.2) is 0 Å². The molecule has 1 aliphatic rings. The summed E-state index contributed by atoms with van der Waals surface area (Å²) in [5.41, 5.74) is 0. The van der Waals surface area contributed by atoms with E-state index in [9.17, 15) is 0 Å². The Morgan fingerprint density at radius 3 is 3.25 bits per heavy atom. The maximum atomic E-state index is 5.35. The first kappa shape index (κ1) is 8.16. The van der Waals surface area contributed by atoms with Crippen LogP contribution in [-0.2, 0) is 4.74 Å². The van der Waals surface area contributed by atoms with E-state index in [0.29, 0.717) is 6.04 Å². The highest BCUT2D eigenvalue weighted by molar-refractivity contribution is 7.11. The minimum absolute atomic E-state index is 0.317. The first-order valence-corrected chi connectivity index (χ1v) is 4.91. The van der Waals surface area contributed by atoms with Crippen molar-refractivity contribution < 1.29 is 4.74 Å². The molecule has 12 heavy (non-hydrogen) atoms. The molecule has 1 aromatic rings. The quantitative estimate of drug-likeness (QED) is 0.710. The van der Waals surface area contributed by atoms with Crippen LogP contribution in [0.4, 0.5) is 0 Å². The molecule has 2 heterocycles. The molecule has 0 bridgehead atoms. The Morgan fingerprint density at radius 1 is 1.75 bits per heavy atom. The lowest BCUT2D eigenvalue weighted by atomic mass is 10.3. The molecule has 1 fully saturated rings. The molecule has 2 rings (SSSR count). The Hall–Kier alpha value is -0.450. The highest BCUT2D eigenvalue weighted by Gasteiger charge is 2.17. The van der Waals surface area contributed by atoms with Gasteiger partial charge >= 0.3 is 0 Å². The van der Waals surface area contributed by atoms with E-state index in [1.807, 2.05) is 6.20 Å². The number of morpholine rings is 1. The predicted molar refractivity (Wildman–Crippen MR) is 48.4 cm³/mol. The normalized spacial score (nSPS) is 24.2. The van der Waals surface area contributed by atoms with Gasteiger partial charge in [0.1, 0.15) is 5.01 Å². The van der Waals surface area contributed by atoms with Crippen LogP contribution in [0.3, 0.4) is 0 Å². The van der Waals surface area contributed by atoms with E-state index in [1.165, 1.54) is 4.88 Å². The van der Waals surface area contributed by atoms with Crippen LogP contribution in [0, 0.1) is 6.92 Å². The summed E-state index contributed by atoms with van der Waals surface area (Å²) in [6.07, 6.45) is 1.91. The van der Waals surface area contributed by atoms with Gasteiger partial charge in [0.25, 0.3) is 0 Å². The Labute approximate surface area is 75.8 Å². The van der Waals surface area contributed by atoms with E-state index in [1.54, 1.807) is 11.3 Å². The van der Waals surface area contributed by atoms with Crippen LogP contribution in [0.5, 0.6) is 0 Å². The van der Waals surface area contributed by atoms with Crippen molar-refractivity contribution in [1.29, 1.82) is 0 Å². The van der Waals surface area contributed by atoms with Crippen LogP contribution >= 0.6 is 11.3 Å². The third-order valence-corrected chi connectivity index (χ3v) is 2.89. The van der Waals surface area contributed by atoms with Crippen molar-refractivity contribution in [3.8, 4) is 0 Å². The number of aromatic nitrogens is 1. The number of nitrogens with one attached hydrogen (secondary N) is 1. The van der Waals surface area contributed by atoms with E-state index < -0.39 is 0 Å². The molecule has 0 spiro atoms. The average molecular weight is 184 g/mol. The fourth-order valence-corrected chi connectivity index (χ4v) is 2.09. The molecule has 0 radical (unpaired) electrons. The summed E-state index contributed by atoms with van der Waals surface area (Å²) in [5, 5.41) is 4.52. The number of aryl methyl sites for hydroxylation is 1. The summed E-state index contributed by atoms with van der Waals surface area (Å²) in [6, 6.07) is 0.317. The zero-order valence-electron chi connectivity index (χ0n) is 7.04. The van der Waals surface area contributed by atoms with Gasteiger partial charge in [-0.3, -0.25) is 0 Å². The number of thiazole rings is 1. The molecular weight excluding hydrogens is 172 g/mol. The van der Waals surface area contributed by atoms with Crippen molar-refractivity contribution in [2.24, 2.45) is 0 Å². The lowest BCUT2D eigenvalue weighted by Crippen LogP contribution is -2.34. The van der Waals surface area contributed by atoms with Crippen LogP contribution in [0.1, 0.15) is 15.9 Å². The van der Waals surface area contributed by atoms with Gasteiger partial charge in [-0.25, -0.2) is 4.98 Å². The van der Waals surface area contributed by atoms with E-state index in [0.717, 1.165) is 24.8 Å². The van der Waals surface area contributed by atoms with Gasteiger partial charge in [0.2, 0.25) is 0 Å². The fraction of sp³-hybridized carbons (Fsp3) is 0.625. The topological polar surface area (TPSA) is 34.1 Å². The van der Waals surface area contributed by atoms with Gasteiger partial charge in [-0.2, -0.15) is 0 Å². The Bertz CT molecular complexity index is 255. The van der Waals surface area contributed by atoms with Crippen LogP contribution in [-0.4, -0.2) is 24.7 Å². The maximum Gasteiger partial charge on any atom is 0.112 e. The molecule has 1 aliphatic heterocycles. The van der Waals surface area contributed by atoms with Crippen molar-refractivity contribution in [3.05, 3.63) is 16.1 Å². The minimum atomic E-state index is 0.317. The molecule has 1 atom stereocenters. The summed E-state index contributed by atoms with van der Waals surface area (Å²) in [5.74, 6) is 0. The molecule has 66 valence electrons. The van der Waals surface area contributed by atoms with Gasteiger partial charge in [-0.1, -0.05) is 0 Å². The number of hydrogen-bond acceptors (Lipinski definition) is 4. The molecule has 1 saturated heterocycles. The molecule has 0 amide bonds. The van der Waals surface area contributed by atoms with Crippen molar-refractivity contribution in [2.75, 3.05) is 19.8 Å². The van der Waals surface area contributed by atoms with Crippen molar-refractivity contribution in [2.45, 2.75) is 13.0 Å². The maximum absolute atomic E-state index is 5.35. The number of rotatable bonds is 1. The van der Waals surface area contributed by atoms with Crippen molar-refractivity contribution in [1.82, 2.24) is 10.3 Å². The second kappa shape index (κ2) is 3.51. The molecule has 0 saturated carbocycles. The van der Waals surface area contributed by atoms with Crippen LogP contribution < -0.4 is 5.32 Å². The summed E-state index contributed by atoms with van der Waals surface area (Å²) in [7, 11) is 0. The average Bonchev–Trinajstić information content (AvgIpc) is 2.54. The Morgan fingerprint density at radius 2 is 2.67 bits per heavy atom. The van der Waals surface area contributed by atoms with Gasteiger partial charge in [0.05, 0.1) is 19.3 Å². The number of nitrogens with zero attached hydrogens (tertiary/aromatic N) is 1. The largest absolute Gasteiger partial charge is 0.378 e. The Balaban J connectivity index is 2.08. The number of ether oxygens (including phenoxy) is 1. The van der Waals surface area contributed by atoms with Gasteiger partial charge in [-0.15, -0.1) is 11.3 Å². The molecule has 1 aromatic heterocycles. The first-order chi connectivity index (χ1) is 5.86. The zero-order chi connectivity index (χ0) is 8.39. The van der Waals surface area contributed by atoms with E-state index in [-0.39, 0.29) is 0 Å². The highest BCUT2D eigenvalue weighted by Crippen LogP contribution is 2.20. The molecule has 0 aromatic carbocycles. The minimum Gasteiger partial charge on any atom is -0.378 e. The lowest BCUT2D eigenvalue weighted by molar-refractivity contribution is 0.0768. The summed E-state index contributed by atoms with van der Waals surface area (Å²) >= 11 is 1.74. The smallest absolute Gasteiger partial charge is 0.112 e. The lowest BCUT2D eigenvalue weighted by Gasteiger charge is -2.21. The monoisotopic (exact) mass is 184 g/mol. The fourth-order valence-electron chi connectivity index (χ4n) is 1.26. The molecule has 1 N–H and O–H groups in total. The van der Waals surface area contributed by atoms with Crippen molar-refractivity contribution >= 4 is 11.3 Å². The third kappa shape index (κ3) is 1.65.